The Hall–Kier alpha value is -0.750. The molecule has 0 heterocycles. The molecule has 1 amide bonds. The lowest BCUT2D eigenvalue weighted by atomic mass is 10.2. The van der Waals surface area contributed by atoms with Gasteiger partial charge in [-0.1, -0.05) is 23.2 Å². The molecular formula is C13H7BrCl2FNOS. The van der Waals surface area contributed by atoms with Crippen LogP contribution in [0.3, 0.4) is 0 Å². The number of anilines is 1. The summed E-state index contributed by atoms with van der Waals surface area (Å²) in [4.78, 5) is 12.5. The van der Waals surface area contributed by atoms with Gasteiger partial charge in [0.2, 0.25) is 0 Å². The van der Waals surface area contributed by atoms with Crippen molar-refractivity contribution >= 4 is 63.4 Å². The SMILES string of the molecule is O=C(Nc1ccc(Br)c(Cl)c1Cl)c1cc(S)ccc1F. The zero-order chi connectivity index (χ0) is 14.9. The largest absolute Gasteiger partial charge is 0.320 e. The standard InChI is InChI=1S/C13H7BrCl2FNOS/c14-8-2-4-10(12(16)11(8)15)18-13(19)7-5-6(20)1-3-9(7)17/h1-5,20H,(H,18,19). The number of carbonyl (C=O) groups excluding carboxylic acids is 1. The average Bonchev–Trinajstić information content (AvgIpc) is 2.42. The van der Waals surface area contributed by atoms with Gasteiger partial charge in [-0.25, -0.2) is 4.39 Å². The second-order valence-electron chi connectivity index (χ2n) is 3.84. The molecular weight excluding hydrogens is 388 g/mol. The van der Waals surface area contributed by atoms with Gasteiger partial charge < -0.3 is 5.32 Å². The van der Waals surface area contributed by atoms with E-state index in [9.17, 15) is 9.18 Å². The van der Waals surface area contributed by atoms with Crippen LogP contribution >= 0.6 is 51.8 Å². The lowest BCUT2D eigenvalue weighted by Gasteiger charge is -2.10. The quantitative estimate of drug-likeness (QED) is 0.515. The highest BCUT2D eigenvalue weighted by atomic mass is 79.9. The Balaban J connectivity index is 2.33. The lowest BCUT2D eigenvalue weighted by Crippen LogP contribution is -2.14. The van der Waals surface area contributed by atoms with Gasteiger partial charge in [0.05, 0.1) is 21.3 Å². The Labute approximate surface area is 138 Å². The predicted molar refractivity (Wildman–Crippen MR) is 85.8 cm³/mol. The third kappa shape index (κ3) is 3.28. The Kier molecular flexibility index (Phi) is 4.96. The van der Waals surface area contributed by atoms with Crippen LogP contribution in [0.25, 0.3) is 0 Å². The van der Waals surface area contributed by atoms with Crippen molar-refractivity contribution in [1.82, 2.24) is 0 Å². The van der Waals surface area contributed by atoms with E-state index >= 15 is 0 Å². The molecule has 0 radical (unpaired) electrons. The van der Waals surface area contributed by atoms with Crippen LogP contribution in [0, 0.1) is 5.82 Å². The number of rotatable bonds is 2. The molecule has 0 fully saturated rings. The Bertz CT molecular complexity index is 696. The van der Waals surface area contributed by atoms with Gasteiger partial charge in [-0.05, 0) is 46.3 Å². The smallest absolute Gasteiger partial charge is 0.258 e. The molecule has 2 aromatic rings. The summed E-state index contributed by atoms with van der Waals surface area (Å²) in [6, 6.07) is 7.17. The number of hydrogen-bond donors (Lipinski definition) is 2. The number of amides is 1. The fourth-order valence-electron chi connectivity index (χ4n) is 1.50. The first kappa shape index (κ1) is 15.6. The minimum atomic E-state index is -0.639. The van der Waals surface area contributed by atoms with E-state index in [1.807, 2.05) is 0 Å². The maximum Gasteiger partial charge on any atom is 0.258 e. The summed E-state index contributed by atoms with van der Waals surface area (Å²) in [6.07, 6.45) is 0. The van der Waals surface area contributed by atoms with Crippen LogP contribution < -0.4 is 5.32 Å². The van der Waals surface area contributed by atoms with Gasteiger partial charge in [-0.3, -0.25) is 4.79 Å². The molecule has 0 saturated carbocycles. The van der Waals surface area contributed by atoms with Crippen LogP contribution in [0.1, 0.15) is 10.4 Å². The van der Waals surface area contributed by atoms with E-state index in [0.717, 1.165) is 0 Å². The summed E-state index contributed by atoms with van der Waals surface area (Å²) < 4.78 is 14.2. The fourth-order valence-corrected chi connectivity index (χ4v) is 2.52. The highest BCUT2D eigenvalue weighted by Gasteiger charge is 2.15. The molecule has 2 nitrogen and oxygen atoms in total. The molecule has 20 heavy (non-hydrogen) atoms. The maximum atomic E-state index is 13.6. The van der Waals surface area contributed by atoms with Gasteiger partial charge >= 0.3 is 0 Å². The predicted octanol–water partition coefficient (Wildman–Crippen LogP) is 5.44. The van der Waals surface area contributed by atoms with Crippen molar-refractivity contribution in [2.24, 2.45) is 0 Å². The summed E-state index contributed by atoms with van der Waals surface area (Å²) >= 11 is 19.3. The Morgan fingerprint density at radius 2 is 1.90 bits per heavy atom. The van der Waals surface area contributed by atoms with Crippen molar-refractivity contribution in [3.8, 4) is 0 Å². The minimum Gasteiger partial charge on any atom is -0.320 e. The first-order chi connectivity index (χ1) is 9.40. The molecule has 0 bridgehead atoms. The molecule has 2 aromatic carbocycles. The minimum absolute atomic E-state index is 0.118. The van der Waals surface area contributed by atoms with Gasteiger partial charge in [0.25, 0.3) is 5.91 Å². The molecule has 0 spiro atoms. The van der Waals surface area contributed by atoms with Crippen LogP contribution in [-0.4, -0.2) is 5.91 Å². The highest BCUT2D eigenvalue weighted by molar-refractivity contribution is 9.10. The summed E-state index contributed by atoms with van der Waals surface area (Å²) in [6.45, 7) is 0. The van der Waals surface area contributed by atoms with Gasteiger partial charge in [0.1, 0.15) is 5.82 Å². The summed E-state index contributed by atoms with van der Waals surface area (Å²) in [5.41, 5.74) is 0.182. The second kappa shape index (κ2) is 6.35. The molecule has 0 aliphatic carbocycles. The average molecular weight is 395 g/mol. The van der Waals surface area contributed by atoms with Crippen LogP contribution in [-0.2, 0) is 0 Å². The number of nitrogens with one attached hydrogen (secondary N) is 1. The van der Waals surface area contributed by atoms with Gasteiger partial charge in [0, 0.05) is 9.37 Å². The van der Waals surface area contributed by atoms with Crippen molar-refractivity contribution in [3.05, 3.63) is 56.2 Å². The van der Waals surface area contributed by atoms with Crippen molar-refractivity contribution < 1.29 is 9.18 Å². The number of halogens is 4. The Morgan fingerprint density at radius 3 is 2.60 bits per heavy atom. The van der Waals surface area contributed by atoms with Crippen LogP contribution in [0.5, 0.6) is 0 Å². The monoisotopic (exact) mass is 393 g/mol. The number of hydrogen-bond acceptors (Lipinski definition) is 2. The van der Waals surface area contributed by atoms with Crippen molar-refractivity contribution in [3.63, 3.8) is 0 Å². The number of thiol groups is 1. The molecule has 0 unspecified atom stereocenters. The Morgan fingerprint density at radius 1 is 1.20 bits per heavy atom. The topological polar surface area (TPSA) is 29.1 Å². The van der Waals surface area contributed by atoms with Crippen LogP contribution in [0.2, 0.25) is 10.0 Å². The van der Waals surface area contributed by atoms with Crippen molar-refractivity contribution in [2.45, 2.75) is 4.90 Å². The molecule has 0 aliphatic rings. The first-order valence-corrected chi connectivity index (χ1v) is 7.33. The fraction of sp³-hybridized carbons (Fsp3) is 0. The van der Waals surface area contributed by atoms with E-state index in [0.29, 0.717) is 15.1 Å². The molecule has 0 aromatic heterocycles. The number of carbonyl (C=O) groups is 1. The van der Waals surface area contributed by atoms with E-state index < -0.39 is 11.7 Å². The zero-order valence-corrected chi connectivity index (χ0v) is 13.7. The van der Waals surface area contributed by atoms with Crippen molar-refractivity contribution in [2.75, 3.05) is 5.32 Å². The third-order valence-electron chi connectivity index (χ3n) is 2.48. The molecule has 7 heteroatoms. The summed E-state index contributed by atoms with van der Waals surface area (Å²) in [5.74, 6) is -1.27. The highest BCUT2D eigenvalue weighted by Crippen LogP contribution is 2.36. The van der Waals surface area contributed by atoms with E-state index in [4.69, 9.17) is 23.2 Å². The number of benzene rings is 2. The van der Waals surface area contributed by atoms with Gasteiger partial charge in [0.15, 0.2) is 0 Å². The summed E-state index contributed by atoms with van der Waals surface area (Å²) in [7, 11) is 0. The normalized spacial score (nSPS) is 10.4. The third-order valence-corrected chi connectivity index (χ3v) is 4.53. The van der Waals surface area contributed by atoms with E-state index in [-0.39, 0.29) is 15.6 Å². The van der Waals surface area contributed by atoms with E-state index in [2.05, 4.69) is 33.9 Å². The lowest BCUT2D eigenvalue weighted by molar-refractivity contribution is 0.102. The molecule has 1 N–H and O–H groups in total. The van der Waals surface area contributed by atoms with Gasteiger partial charge in [-0.15, -0.1) is 12.6 Å². The molecule has 0 atom stereocenters. The van der Waals surface area contributed by atoms with Crippen molar-refractivity contribution in [1.29, 1.82) is 0 Å². The first-order valence-electron chi connectivity index (χ1n) is 5.33. The van der Waals surface area contributed by atoms with Crippen LogP contribution in [0.4, 0.5) is 10.1 Å². The zero-order valence-electron chi connectivity index (χ0n) is 9.75. The van der Waals surface area contributed by atoms with E-state index in [1.165, 1.54) is 18.2 Å². The van der Waals surface area contributed by atoms with E-state index in [1.54, 1.807) is 12.1 Å². The summed E-state index contributed by atoms with van der Waals surface area (Å²) in [5, 5.41) is 2.96. The molecule has 0 aliphatic heterocycles. The maximum absolute atomic E-state index is 13.6. The van der Waals surface area contributed by atoms with Crippen LogP contribution in [0.15, 0.2) is 39.7 Å². The molecule has 104 valence electrons. The molecule has 2 rings (SSSR count). The molecule has 0 saturated heterocycles. The second-order valence-corrected chi connectivity index (χ2v) is 5.97. The van der Waals surface area contributed by atoms with Gasteiger partial charge in [-0.2, -0.15) is 0 Å².